The number of hydrogen-bond donors (Lipinski definition) is 0. The van der Waals surface area contributed by atoms with Gasteiger partial charge in [0.25, 0.3) is 0 Å². The molecule has 0 unspecified atom stereocenters. The molecule has 1 nitrogen and oxygen atoms in total. The van der Waals surface area contributed by atoms with Crippen LogP contribution in [0.25, 0.3) is 0 Å². The molecule has 0 aliphatic carbocycles. The number of rotatable bonds is 3. The van der Waals surface area contributed by atoms with Crippen molar-refractivity contribution >= 4 is 18.0 Å². The Labute approximate surface area is 76.5 Å². The summed E-state index contributed by atoms with van der Waals surface area (Å²) < 4.78 is 0. The lowest BCUT2D eigenvalue weighted by atomic mass is 10.4. The minimum absolute atomic E-state index is 0.811. The van der Waals surface area contributed by atoms with Crippen LogP contribution in [0.3, 0.4) is 0 Å². The van der Waals surface area contributed by atoms with Crippen molar-refractivity contribution in [2.75, 3.05) is 0 Å². The second kappa shape index (κ2) is 4.78. The maximum atomic E-state index is 10.1. The summed E-state index contributed by atoms with van der Waals surface area (Å²) in [6, 6.07) is 9.98. The van der Waals surface area contributed by atoms with E-state index in [0.29, 0.717) is 0 Å². The molecule has 1 aromatic rings. The van der Waals surface area contributed by atoms with Gasteiger partial charge in [-0.2, -0.15) is 0 Å². The van der Waals surface area contributed by atoms with E-state index in [1.165, 1.54) is 0 Å². The van der Waals surface area contributed by atoms with Crippen LogP contribution in [0.5, 0.6) is 0 Å². The van der Waals surface area contributed by atoms with Gasteiger partial charge in [0.1, 0.15) is 6.29 Å². The highest BCUT2D eigenvalue weighted by atomic mass is 32.2. The maximum absolute atomic E-state index is 10.1. The highest BCUT2D eigenvalue weighted by Crippen LogP contribution is 2.24. The average Bonchev–Trinajstić information content (AvgIpc) is 2.06. The molecule has 0 spiro atoms. The largest absolute Gasteiger partial charge is 0.299 e. The standard InChI is InChI=1S/C10H10OS/c1-9(7-8-11)12-10-5-3-2-4-6-10/h2-8H,1H3/b9-7+. The minimum Gasteiger partial charge on any atom is -0.299 e. The zero-order valence-electron chi connectivity index (χ0n) is 6.86. The van der Waals surface area contributed by atoms with Crippen molar-refractivity contribution in [1.82, 2.24) is 0 Å². The number of carbonyl (C=O) groups excluding carboxylic acids is 1. The van der Waals surface area contributed by atoms with E-state index >= 15 is 0 Å². The summed E-state index contributed by atoms with van der Waals surface area (Å²) in [6.45, 7) is 1.92. The third-order valence-electron chi connectivity index (χ3n) is 1.32. The normalized spacial score (nSPS) is 11.2. The molecule has 0 aliphatic heterocycles. The van der Waals surface area contributed by atoms with E-state index in [1.54, 1.807) is 17.8 Å². The van der Waals surface area contributed by atoms with Crippen LogP contribution < -0.4 is 0 Å². The Kier molecular flexibility index (Phi) is 3.61. The van der Waals surface area contributed by atoms with E-state index in [9.17, 15) is 4.79 Å². The van der Waals surface area contributed by atoms with Crippen LogP contribution in [0, 0.1) is 0 Å². The van der Waals surface area contributed by atoms with Gasteiger partial charge in [0.15, 0.2) is 0 Å². The van der Waals surface area contributed by atoms with Crippen LogP contribution in [0.15, 0.2) is 46.2 Å². The SMILES string of the molecule is C/C(=C\C=O)Sc1ccccc1. The fourth-order valence-corrected chi connectivity index (χ4v) is 1.59. The van der Waals surface area contributed by atoms with Crippen molar-refractivity contribution in [3.8, 4) is 0 Å². The topological polar surface area (TPSA) is 17.1 Å². The van der Waals surface area contributed by atoms with Crippen molar-refractivity contribution in [2.45, 2.75) is 11.8 Å². The quantitative estimate of drug-likeness (QED) is 0.402. The first-order chi connectivity index (χ1) is 5.83. The molecule has 0 atom stereocenters. The van der Waals surface area contributed by atoms with Gasteiger partial charge in [-0.25, -0.2) is 0 Å². The van der Waals surface area contributed by atoms with Gasteiger partial charge in [0.2, 0.25) is 0 Å². The number of aldehydes is 1. The molecule has 0 saturated heterocycles. The van der Waals surface area contributed by atoms with Crippen LogP contribution in [0.1, 0.15) is 6.92 Å². The van der Waals surface area contributed by atoms with Crippen molar-refractivity contribution in [1.29, 1.82) is 0 Å². The van der Waals surface area contributed by atoms with Crippen LogP contribution >= 0.6 is 11.8 Å². The minimum atomic E-state index is 0.811. The summed E-state index contributed by atoms with van der Waals surface area (Å²) >= 11 is 1.60. The van der Waals surface area contributed by atoms with E-state index in [1.807, 2.05) is 37.3 Å². The maximum Gasteiger partial charge on any atom is 0.143 e. The Morgan fingerprint density at radius 2 is 2.00 bits per heavy atom. The number of benzene rings is 1. The molecule has 12 heavy (non-hydrogen) atoms. The molecule has 0 radical (unpaired) electrons. The predicted octanol–water partition coefficient (Wildman–Crippen LogP) is 2.88. The van der Waals surface area contributed by atoms with Crippen molar-refractivity contribution in [2.24, 2.45) is 0 Å². The van der Waals surface area contributed by atoms with Crippen molar-refractivity contribution < 1.29 is 4.79 Å². The molecule has 62 valence electrons. The van der Waals surface area contributed by atoms with Crippen molar-refractivity contribution in [3.05, 3.63) is 41.3 Å². The highest BCUT2D eigenvalue weighted by Gasteiger charge is 1.92. The summed E-state index contributed by atoms with van der Waals surface area (Å²) in [6.07, 6.45) is 2.38. The second-order valence-electron chi connectivity index (χ2n) is 2.33. The molecular weight excluding hydrogens is 168 g/mol. The van der Waals surface area contributed by atoms with E-state index < -0.39 is 0 Å². The summed E-state index contributed by atoms with van der Waals surface area (Å²) in [4.78, 5) is 12.3. The smallest absolute Gasteiger partial charge is 0.143 e. The Bertz CT molecular complexity index is 277. The molecule has 0 aliphatic rings. The summed E-state index contributed by atoms with van der Waals surface area (Å²) in [5.41, 5.74) is 0. The van der Waals surface area contributed by atoms with Gasteiger partial charge in [-0.1, -0.05) is 30.0 Å². The van der Waals surface area contributed by atoms with Gasteiger partial charge in [-0.3, -0.25) is 4.79 Å². The predicted molar refractivity (Wildman–Crippen MR) is 52.1 cm³/mol. The molecule has 0 fully saturated rings. The second-order valence-corrected chi connectivity index (χ2v) is 3.65. The van der Waals surface area contributed by atoms with Gasteiger partial charge >= 0.3 is 0 Å². The molecular formula is C10H10OS. The van der Waals surface area contributed by atoms with Crippen LogP contribution in [-0.4, -0.2) is 6.29 Å². The number of carbonyl (C=O) groups is 1. The zero-order valence-corrected chi connectivity index (χ0v) is 7.67. The van der Waals surface area contributed by atoms with E-state index in [-0.39, 0.29) is 0 Å². The highest BCUT2D eigenvalue weighted by molar-refractivity contribution is 8.03. The first kappa shape index (κ1) is 9.07. The summed E-state index contributed by atoms with van der Waals surface area (Å²) in [5.74, 6) is 0. The molecule has 2 heteroatoms. The average molecular weight is 178 g/mol. The Morgan fingerprint density at radius 1 is 1.33 bits per heavy atom. The molecule has 0 aromatic heterocycles. The number of hydrogen-bond acceptors (Lipinski definition) is 2. The fourth-order valence-electron chi connectivity index (χ4n) is 0.804. The van der Waals surface area contributed by atoms with Gasteiger partial charge in [-0.05, 0) is 30.0 Å². The van der Waals surface area contributed by atoms with E-state index in [2.05, 4.69) is 0 Å². The third kappa shape index (κ3) is 2.93. The van der Waals surface area contributed by atoms with Gasteiger partial charge in [0, 0.05) is 4.90 Å². The molecule has 0 bridgehead atoms. The Hall–Kier alpha value is -1.02. The number of thioether (sulfide) groups is 1. The first-order valence-electron chi connectivity index (χ1n) is 3.68. The van der Waals surface area contributed by atoms with Crippen LogP contribution in [0.2, 0.25) is 0 Å². The number of allylic oxidation sites excluding steroid dienone is 2. The van der Waals surface area contributed by atoms with E-state index in [4.69, 9.17) is 0 Å². The van der Waals surface area contributed by atoms with E-state index in [0.717, 1.165) is 16.1 Å². The lowest BCUT2D eigenvalue weighted by molar-refractivity contribution is -0.104. The van der Waals surface area contributed by atoms with Gasteiger partial charge < -0.3 is 0 Å². The van der Waals surface area contributed by atoms with Crippen LogP contribution in [0.4, 0.5) is 0 Å². The first-order valence-corrected chi connectivity index (χ1v) is 4.49. The van der Waals surface area contributed by atoms with Crippen molar-refractivity contribution in [3.63, 3.8) is 0 Å². The fraction of sp³-hybridized carbons (Fsp3) is 0.100. The third-order valence-corrected chi connectivity index (χ3v) is 2.29. The van der Waals surface area contributed by atoms with Gasteiger partial charge in [-0.15, -0.1) is 0 Å². The summed E-state index contributed by atoms with van der Waals surface area (Å²) in [5, 5.41) is 0. The zero-order chi connectivity index (χ0) is 8.81. The molecule has 1 aromatic carbocycles. The lowest BCUT2D eigenvalue weighted by Gasteiger charge is -1.98. The Morgan fingerprint density at radius 3 is 2.58 bits per heavy atom. The molecule has 0 heterocycles. The summed E-state index contributed by atoms with van der Waals surface area (Å²) in [7, 11) is 0. The molecule has 0 saturated carbocycles. The van der Waals surface area contributed by atoms with Crippen LogP contribution in [-0.2, 0) is 4.79 Å². The molecule has 1 rings (SSSR count). The monoisotopic (exact) mass is 178 g/mol. The Balaban J connectivity index is 2.64. The lowest BCUT2D eigenvalue weighted by Crippen LogP contribution is -1.71. The van der Waals surface area contributed by atoms with Gasteiger partial charge in [0.05, 0.1) is 0 Å². The molecule has 0 amide bonds. The molecule has 0 N–H and O–H groups in total.